The molecular formula is C8H8. The second-order valence-corrected chi connectivity index (χ2v) is 2.42. The summed E-state index contributed by atoms with van der Waals surface area (Å²) in [5, 5.41) is 0. The summed E-state index contributed by atoms with van der Waals surface area (Å²) in [5.74, 6) is 0. The van der Waals surface area contributed by atoms with Crippen LogP contribution in [-0.2, 0) is 0 Å². The van der Waals surface area contributed by atoms with Crippen molar-refractivity contribution in [3.8, 4) is 0 Å². The van der Waals surface area contributed by atoms with E-state index in [9.17, 15) is 0 Å². The summed E-state index contributed by atoms with van der Waals surface area (Å²) >= 11 is 0. The molecule has 40 valence electrons. The van der Waals surface area contributed by atoms with Gasteiger partial charge in [0, 0.05) is 0 Å². The van der Waals surface area contributed by atoms with Crippen LogP contribution >= 0.6 is 0 Å². The molecule has 0 atom stereocenters. The highest BCUT2D eigenvalue weighted by Gasteiger charge is 2.23. The number of hydrogen-bond donors (Lipinski definition) is 0. The summed E-state index contributed by atoms with van der Waals surface area (Å²) in [4.78, 5) is 0. The van der Waals surface area contributed by atoms with E-state index < -0.39 is 0 Å². The van der Waals surface area contributed by atoms with Crippen LogP contribution in [0.15, 0.2) is 35.5 Å². The molecule has 3 aliphatic rings. The van der Waals surface area contributed by atoms with Crippen LogP contribution in [0.5, 0.6) is 0 Å². The van der Waals surface area contributed by atoms with Crippen LogP contribution in [0.25, 0.3) is 0 Å². The number of allylic oxidation sites excluding steroid dienone is 5. The van der Waals surface area contributed by atoms with Crippen molar-refractivity contribution in [3.63, 3.8) is 0 Å². The molecule has 2 bridgehead atoms. The fraction of sp³-hybridized carbons (Fsp3) is 0.250. The van der Waals surface area contributed by atoms with Gasteiger partial charge in [0.1, 0.15) is 0 Å². The Morgan fingerprint density at radius 3 is 2.50 bits per heavy atom. The van der Waals surface area contributed by atoms with Crippen molar-refractivity contribution in [1.82, 2.24) is 0 Å². The van der Waals surface area contributed by atoms with Crippen molar-refractivity contribution in [1.29, 1.82) is 0 Å². The van der Waals surface area contributed by atoms with Crippen LogP contribution < -0.4 is 0 Å². The van der Waals surface area contributed by atoms with E-state index in [4.69, 9.17) is 0 Å². The maximum Gasteiger partial charge on any atom is -0.00897 e. The second-order valence-electron chi connectivity index (χ2n) is 2.42. The quantitative estimate of drug-likeness (QED) is 0.478. The van der Waals surface area contributed by atoms with Crippen LogP contribution in [0.2, 0.25) is 0 Å². The molecule has 0 aliphatic heterocycles. The van der Waals surface area contributed by atoms with E-state index in [2.05, 4.69) is 12.7 Å². The summed E-state index contributed by atoms with van der Waals surface area (Å²) in [6, 6.07) is 0. The number of hydrogen-bond acceptors (Lipinski definition) is 0. The van der Waals surface area contributed by atoms with Gasteiger partial charge in [0.15, 0.2) is 0 Å². The zero-order valence-electron chi connectivity index (χ0n) is 4.78. The molecule has 0 saturated heterocycles. The van der Waals surface area contributed by atoms with E-state index in [0.717, 1.165) is 0 Å². The first kappa shape index (κ1) is 4.13. The Hall–Kier alpha value is -0.780. The van der Waals surface area contributed by atoms with Gasteiger partial charge < -0.3 is 0 Å². The lowest BCUT2D eigenvalue weighted by Crippen LogP contribution is -1.94. The minimum Gasteiger partial charge on any atom is -0.0985 e. The van der Waals surface area contributed by atoms with E-state index in [1.165, 1.54) is 18.4 Å². The van der Waals surface area contributed by atoms with Gasteiger partial charge in [0.05, 0.1) is 0 Å². The third-order valence-electron chi connectivity index (χ3n) is 1.87. The highest BCUT2D eigenvalue weighted by molar-refractivity contribution is 5.54. The maximum atomic E-state index is 3.72. The average molecular weight is 104 g/mol. The lowest BCUT2D eigenvalue weighted by atomic mass is 9.92. The fourth-order valence-corrected chi connectivity index (χ4v) is 1.33. The molecule has 0 unspecified atom stereocenters. The molecular weight excluding hydrogens is 96.1 g/mol. The molecule has 3 aliphatic carbocycles. The minimum absolute atomic E-state index is 1.25. The molecule has 0 heteroatoms. The summed E-state index contributed by atoms with van der Waals surface area (Å²) in [6.07, 6.45) is 6.71. The van der Waals surface area contributed by atoms with Crippen molar-refractivity contribution < 1.29 is 0 Å². The summed E-state index contributed by atoms with van der Waals surface area (Å²) in [5.41, 5.74) is 4.57. The molecule has 0 nitrogen and oxygen atoms in total. The Bertz CT molecular complexity index is 194. The number of rotatable bonds is 1. The first-order valence-corrected chi connectivity index (χ1v) is 2.94. The molecule has 1 saturated carbocycles. The molecule has 0 aromatic heterocycles. The van der Waals surface area contributed by atoms with Crippen LogP contribution in [0.4, 0.5) is 0 Å². The smallest absolute Gasteiger partial charge is 0.00897 e. The van der Waals surface area contributed by atoms with Crippen molar-refractivity contribution in [3.05, 3.63) is 35.5 Å². The van der Waals surface area contributed by atoms with Gasteiger partial charge in [-0.1, -0.05) is 29.9 Å². The van der Waals surface area contributed by atoms with Gasteiger partial charge >= 0.3 is 0 Å². The molecule has 0 radical (unpaired) electrons. The first-order valence-electron chi connectivity index (χ1n) is 2.94. The van der Waals surface area contributed by atoms with E-state index in [1.807, 2.05) is 6.08 Å². The SMILES string of the molecule is C=CC1=C2CC(=C1)C2. The molecule has 0 amide bonds. The molecule has 0 aromatic carbocycles. The topological polar surface area (TPSA) is 0 Å². The Morgan fingerprint density at radius 1 is 1.50 bits per heavy atom. The summed E-state index contributed by atoms with van der Waals surface area (Å²) in [6.45, 7) is 3.72. The first-order chi connectivity index (χ1) is 3.90. The van der Waals surface area contributed by atoms with Crippen LogP contribution in [-0.4, -0.2) is 0 Å². The van der Waals surface area contributed by atoms with Crippen molar-refractivity contribution in [2.75, 3.05) is 0 Å². The highest BCUT2D eigenvalue weighted by atomic mass is 14.3. The van der Waals surface area contributed by atoms with E-state index in [1.54, 1.807) is 11.1 Å². The van der Waals surface area contributed by atoms with Gasteiger partial charge in [-0.3, -0.25) is 0 Å². The zero-order chi connectivity index (χ0) is 5.56. The third-order valence-corrected chi connectivity index (χ3v) is 1.87. The molecule has 0 spiro atoms. The Kier molecular flexibility index (Phi) is 0.587. The van der Waals surface area contributed by atoms with Crippen molar-refractivity contribution in [2.24, 2.45) is 0 Å². The monoisotopic (exact) mass is 104 g/mol. The predicted octanol–water partition coefficient (Wildman–Crippen LogP) is 2.20. The summed E-state index contributed by atoms with van der Waals surface area (Å²) < 4.78 is 0. The zero-order valence-corrected chi connectivity index (χ0v) is 4.78. The van der Waals surface area contributed by atoms with Gasteiger partial charge in [0.2, 0.25) is 0 Å². The Morgan fingerprint density at radius 2 is 2.25 bits per heavy atom. The lowest BCUT2D eigenvalue weighted by Gasteiger charge is -2.13. The average Bonchev–Trinajstić information content (AvgIpc) is 2.15. The molecule has 0 N–H and O–H groups in total. The standard InChI is InChI=1S/C8H8/c1-2-7-3-6-4-8(7)5-6/h2-3H,1,4-5H2. The van der Waals surface area contributed by atoms with E-state index in [-0.39, 0.29) is 0 Å². The maximum absolute atomic E-state index is 3.72. The van der Waals surface area contributed by atoms with Crippen molar-refractivity contribution >= 4 is 0 Å². The molecule has 0 aromatic rings. The lowest BCUT2D eigenvalue weighted by molar-refractivity contribution is 0.889. The minimum atomic E-state index is 1.25. The molecule has 3 rings (SSSR count). The highest BCUT2D eigenvalue weighted by Crippen LogP contribution is 2.42. The van der Waals surface area contributed by atoms with Crippen LogP contribution in [0.3, 0.4) is 0 Å². The number of fused-ring (bicyclic) bond motifs is 1. The predicted molar refractivity (Wildman–Crippen MR) is 34.5 cm³/mol. The van der Waals surface area contributed by atoms with Gasteiger partial charge in [-0.2, -0.15) is 0 Å². The largest absolute Gasteiger partial charge is 0.0985 e. The van der Waals surface area contributed by atoms with Gasteiger partial charge in [0.25, 0.3) is 0 Å². The van der Waals surface area contributed by atoms with Gasteiger partial charge in [-0.05, 0) is 18.4 Å². The third kappa shape index (κ3) is 0.313. The molecule has 8 heavy (non-hydrogen) atoms. The fourth-order valence-electron chi connectivity index (χ4n) is 1.33. The molecule has 1 fully saturated rings. The van der Waals surface area contributed by atoms with Crippen molar-refractivity contribution in [2.45, 2.75) is 12.8 Å². The van der Waals surface area contributed by atoms with E-state index >= 15 is 0 Å². The molecule has 0 heterocycles. The van der Waals surface area contributed by atoms with Crippen LogP contribution in [0.1, 0.15) is 12.8 Å². The normalized spacial score (nSPS) is 22.8. The Labute approximate surface area is 49.2 Å². The van der Waals surface area contributed by atoms with Gasteiger partial charge in [-0.25, -0.2) is 0 Å². The van der Waals surface area contributed by atoms with Crippen LogP contribution in [0, 0.1) is 0 Å². The van der Waals surface area contributed by atoms with E-state index in [0.29, 0.717) is 0 Å². The second kappa shape index (κ2) is 1.13. The van der Waals surface area contributed by atoms with Gasteiger partial charge in [-0.15, -0.1) is 0 Å². The Balaban J connectivity index is 2.48. The summed E-state index contributed by atoms with van der Waals surface area (Å²) in [7, 11) is 0.